The lowest BCUT2D eigenvalue weighted by molar-refractivity contribution is -0.137. The van der Waals surface area contributed by atoms with Gasteiger partial charge in [0.25, 0.3) is 0 Å². The summed E-state index contributed by atoms with van der Waals surface area (Å²) in [5, 5.41) is 11.9. The van der Waals surface area contributed by atoms with E-state index in [9.17, 15) is 14.3 Å². The number of hydrogen-bond acceptors (Lipinski definition) is 7. The summed E-state index contributed by atoms with van der Waals surface area (Å²) in [6, 6.07) is 8.95. The highest BCUT2D eigenvalue weighted by Crippen LogP contribution is 2.33. The Kier molecular flexibility index (Phi) is 9.23. The van der Waals surface area contributed by atoms with Crippen LogP contribution in [0.25, 0.3) is 10.9 Å². The number of carboxylic acid groups (broad SMARTS) is 1. The quantitative estimate of drug-likeness (QED) is 0.304. The standard InChI is InChI=1S/C26H31FN2O4S2/c1-32-20-15-21-23(28-16-20)6-5-22(27)26(21)33-12-9-18-8-10-29(17-19(18)4-7-24(30)31)11-14-35-25-3-2-13-34-25/h2-3,5-6,13,15-16,18-19H,4,7-12,14,17H2,1H3,(H,30,31)/t18-,19-/m0/s1. The number of fused-ring (bicyclic) bond motifs is 1. The van der Waals surface area contributed by atoms with Gasteiger partial charge in [-0.1, -0.05) is 6.07 Å². The van der Waals surface area contributed by atoms with E-state index < -0.39 is 11.8 Å². The molecule has 0 bridgehead atoms. The van der Waals surface area contributed by atoms with Crippen LogP contribution in [0.5, 0.6) is 11.5 Å². The Balaban J connectivity index is 1.35. The highest BCUT2D eigenvalue weighted by molar-refractivity contribution is 8.01. The largest absolute Gasteiger partial charge is 0.495 e. The molecule has 0 radical (unpaired) electrons. The van der Waals surface area contributed by atoms with Crippen molar-refractivity contribution >= 4 is 40.0 Å². The first-order valence-corrected chi connectivity index (χ1v) is 13.8. The molecule has 1 aromatic carbocycles. The first-order valence-electron chi connectivity index (χ1n) is 11.9. The molecular weight excluding hydrogens is 487 g/mol. The van der Waals surface area contributed by atoms with E-state index in [0.29, 0.717) is 35.6 Å². The molecular formula is C26H31FN2O4S2. The Labute approximate surface area is 213 Å². The average molecular weight is 519 g/mol. The SMILES string of the molecule is COc1cnc2ccc(F)c(OCC[C@@H]3CCN(CCSc4cccs4)C[C@@H]3CCC(=O)O)c2c1. The fraction of sp³-hybridized carbons (Fsp3) is 0.462. The molecule has 1 aliphatic heterocycles. The fourth-order valence-electron chi connectivity index (χ4n) is 4.69. The lowest BCUT2D eigenvalue weighted by Gasteiger charge is -2.38. The van der Waals surface area contributed by atoms with Gasteiger partial charge in [-0.2, -0.15) is 0 Å². The van der Waals surface area contributed by atoms with Crippen LogP contribution in [0.1, 0.15) is 25.7 Å². The van der Waals surface area contributed by atoms with Crippen molar-refractivity contribution in [3.8, 4) is 11.5 Å². The van der Waals surface area contributed by atoms with Gasteiger partial charge >= 0.3 is 5.97 Å². The number of carboxylic acids is 1. The number of halogens is 1. The molecule has 2 atom stereocenters. The number of thioether (sulfide) groups is 1. The topological polar surface area (TPSA) is 71.9 Å². The van der Waals surface area contributed by atoms with E-state index in [1.165, 1.54) is 10.3 Å². The van der Waals surface area contributed by atoms with E-state index in [4.69, 9.17) is 9.47 Å². The third-order valence-corrected chi connectivity index (χ3v) is 8.68. The molecule has 3 aromatic rings. The van der Waals surface area contributed by atoms with Crippen LogP contribution < -0.4 is 9.47 Å². The molecule has 4 rings (SSSR count). The van der Waals surface area contributed by atoms with Gasteiger partial charge in [-0.3, -0.25) is 9.78 Å². The van der Waals surface area contributed by atoms with Crippen molar-refractivity contribution in [3.05, 3.63) is 47.7 Å². The van der Waals surface area contributed by atoms with Gasteiger partial charge in [-0.05, 0) is 67.3 Å². The normalized spacial score (nSPS) is 18.6. The maximum atomic E-state index is 14.6. The number of methoxy groups -OCH3 is 1. The molecule has 2 aromatic heterocycles. The number of carbonyl (C=O) groups is 1. The van der Waals surface area contributed by atoms with Crippen molar-refractivity contribution in [2.75, 3.05) is 39.1 Å². The van der Waals surface area contributed by atoms with Gasteiger partial charge in [0.1, 0.15) is 5.75 Å². The van der Waals surface area contributed by atoms with Crippen molar-refractivity contribution in [2.24, 2.45) is 11.8 Å². The Bertz CT molecular complexity index is 1110. The molecule has 1 saturated heterocycles. The van der Waals surface area contributed by atoms with Crippen molar-refractivity contribution in [3.63, 3.8) is 0 Å². The zero-order valence-corrected chi connectivity index (χ0v) is 21.5. The van der Waals surface area contributed by atoms with Gasteiger partial charge in [0.05, 0.1) is 29.6 Å². The number of likely N-dealkylation sites (tertiary alicyclic amines) is 1. The number of rotatable bonds is 12. The molecule has 0 amide bonds. The van der Waals surface area contributed by atoms with Crippen LogP contribution in [0, 0.1) is 17.7 Å². The van der Waals surface area contributed by atoms with Crippen LogP contribution in [-0.4, -0.2) is 60.1 Å². The van der Waals surface area contributed by atoms with Crippen LogP contribution >= 0.6 is 23.1 Å². The highest BCUT2D eigenvalue weighted by atomic mass is 32.2. The summed E-state index contributed by atoms with van der Waals surface area (Å²) in [6.45, 7) is 3.25. The molecule has 3 heterocycles. The fourth-order valence-corrected chi connectivity index (χ4v) is 6.56. The zero-order chi connectivity index (χ0) is 24.6. The van der Waals surface area contributed by atoms with Gasteiger partial charge in [0.2, 0.25) is 0 Å². The van der Waals surface area contributed by atoms with E-state index in [1.807, 2.05) is 11.8 Å². The van der Waals surface area contributed by atoms with Crippen LogP contribution in [-0.2, 0) is 4.79 Å². The van der Waals surface area contributed by atoms with E-state index in [2.05, 4.69) is 27.4 Å². The third kappa shape index (κ3) is 7.08. The molecule has 1 aliphatic rings. The number of pyridine rings is 1. The molecule has 1 N–H and O–H groups in total. The number of hydrogen-bond donors (Lipinski definition) is 1. The molecule has 1 fully saturated rings. The van der Waals surface area contributed by atoms with E-state index in [0.717, 1.165) is 38.2 Å². The zero-order valence-electron chi connectivity index (χ0n) is 19.8. The predicted octanol–water partition coefficient (Wildman–Crippen LogP) is 5.81. The Morgan fingerprint density at radius 2 is 2.20 bits per heavy atom. The minimum Gasteiger partial charge on any atom is -0.495 e. The lowest BCUT2D eigenvalue weighted by Crippen LogP contribution is -2.42. The molecule has 188 valence electrons. The maximum Gasteiger partial charge on any atom is 0.303 e. The molecule has 0 aliphatic carbocycles. The number of nitrogens with zero attached hydrogens (tertiary/aromatic N) is 2. The predicted molar refractivity (Wildman–Crippen MR) is 138 cm³/mol. The van der Waals surface area contributed by atoms with Gasteiger partial charge in [-0.15, -0.1) is 23.1 Å². The number of thiophene rings is 1. The van der Waals surface area contributed by atoms with Crippen molar-refractivity contribution in [1.29, 1.82) is 0 Å². The van der Waals surface area contributed by atoms with Gasteiger partial charge in [0, 0.05) is 30.6 Å². The molecule has 0 unspecified atom stereocenters. The molecule has 6 nitrogen and oxygen atoms in total. The Hall–Kier alpha value is -2.36. The number of aromatic nitrogens is 1. The Morgan fingerprint density at radius 3 is 2.97 bits per heavy atom. The van der Waals surface area contributed by atoms with E-state index in [1.54, 1.807) is 36.8 Å². The first-order chi connectivity index (χ1) is 17.0. The van der Waals surface area contributed by atoms with Gasteiger partial charge in [-0.25, -0.2) is 4.39 Å². The number of benzene rings is 1. The maximum absolute atomic E-state index is 14.6. The first kappa shape index (κ1) is 25.7. The van der Waals surface area contributed by atoms with Gasteiger partial charge < -0.3 is 19.5 Å². The number of piperidine rings is 1. The summed E-state index contributed by atoms with van der Waals surface area (Å²) >= 11 is 3.63. The van der Waals surface area contributed by atoms with Crippen molar-refractivity contribution in [2.45, 2.75) is 29.9 Å². The second-order valence-electron chi connectivity index (χ2n) is 8.78. The summed E-state index contributed by atoms with van der Waals surface area (Å²) in [7, 11) is 1.55. The average Bonchev–Trinajstić information content (AvgIpc) is 3.38. The van der Waals surface area contributed by atoms with Crippen molar-refractivity contribution in [1.82, 2.24) is 9.88 Å². The second-order valence-corrected chi connectivity index (χ2v) is 11.1. The second kappa shape index (κ2) is 12.6. The minimum absolute atomic E-state index is 0.170. The molecule has 0 spiro atoms. The highest BCUT2D eigenvalue weighted by Gasteiger charge is 2.29. The van der Waals surface area contributed by atoms with Crippen LogP contribution in [0.3, 0.4) is 0 Å². The van der Waals surface area contributed by atoms with Crippen molar-refractivity contribution < 1.29 is 23.8 Å². The Morgan fingerprint density at radius 1 is 1.31 bits per heavy atom. The molecule has 35 heavy (non-hydrogen) atoms. The summed E-state index contributed by atoms with van der Waals surface area (Å²) in [5.74, 6) is 1.22. The lowest BCUT2D eigenvalue weighted by atomic mass is 9.80. The monoisotopic (exact) mass is 518 g/mol. The summed E-state index contributed by atoms with van der Waals surface area (Å²) in [4.78, 5) is 18.0. The summed E-state index contributed by atoms with van der Waals surface area (Å²) in [5.41, 5.74) is 0.648. The van der Waals surface area contributed by atoms with Gasteiger partial charge in [0.15, 0.2) is 11.6 Å². The molecule has 0 saturated carbocycles. The van der Waals surface area contributed by atoms with Crippen LogP contribution in [0.15, 0.2) is 46.1 Å². The smallest absolute Gasteiger partial charge is 0.303 e. The third-order valence-electron chi connectivity index (χ3n) is 6.56. The van der Waals surface area contributed by atoms with E-state index in [-0.39, 0.29) is 18.1 Å². The molecule has 9 heteroatoms. The van der Waals surface area contributed by atoms with Crippen LogP contribution in [0.4, 0.5) is 4.39 Å². The number of ether oxygens (including phenoxy) is 2. The van der Waals surface area contributed by atoms with Crippen LogP contribution in [0.2, 0.25) is 0 Å². The summed E-state index contributed by atoms with van der Waals surface area (Å²) in [6.07, 6.45) is 4.17. The van der Waals surface area contributed by atoms with E-state index >= 15 is 0 Å². The summed E-state index contributed by atoms with van der Waals surface area (Å²) < 4.78 is 27.1. The number of aliphatic carboxylic acids is 1. The minimum atomic E-state index is -0.760.